The molecule has 2 rings (SSSR count). The second kappa shape index (κ2) is 6.33. The van der Waals surface area contributed by atoms with E-state index in [4.69, 9.17) is 4.74 Å². The maximum atomic E-state index is 5.11. The van der Waals surface area contributed by atoms with Crippen molar-refractivity contribution in [2.24, 2.45) is 0 Å². The van der Waals surface area contributed by atoms with Gasteiger partial charge in [0, 0.05) is 38.2 Å². The third kappa shape index (κ3) is 3.94. The van der Waals surface area contributed by atoms with Gasteiger partial charge < -0.3 is 15.0 Å². The molecule has 4 nitrogen and oxygen atoms in total. The lowest BCUT2D eigenvalue weighted by molar-refractivity contribution is 0.205. The Kier molecular flexibility index (Phi) is 4.76. The Morgan fingerprint density at radius 3 is 3.06 bits per heavy atom. The van der Waals surface area contributed by atoms with E-state index < -0.39 is 0 Å². The summed E-state index contributed by atoms with van der Waals surface area (Å²) in [7, 11) is 1.74. The fourth-order valence-electron chi connectivity index (χ4n) is 1.65. The normalized spacial score (nSPS) is 15.2. The van der Waals surface area contributed by atoms with Gasteiger partial charge in [-0.1, -0.05) is 0 Å². The molecule has 1 N–H and O–H groups in total. The van der Waals surface area contributed by atoms with Gasteiger partial charge >= 0.3 is 0 Å². The van der Waals surface area contributed by atoms with Crippen LogP contribution in [0.5, 0.6) is 0 Å². The number of nitrogens with one attached hydrogen (secondary N) is 1. The predicted molar refractivity (Wildman–Crippen MR) is 71.7 cm³/mol. The van der Waals surface area contributed by atoms with Crippen molar-refractivity contribution in [3.8, 4) is 0 Å². The number of nitrogens with zero attached hydrogens (tertiary/aromatic N) is 2. The number of hydrogen-bond donors (Lipinski definition) is 1. The summed E-state index contributed by atoms with van der Waals surface area (Å²) in [5.74, 6) is 0. The van der Waals surface area contributed by atoms with Crippen LogP contribution in [0.2, 0.25) is 0 Å². The summed E-state index contributed by atoms with van der Waals surface area (Å²) in [6.07, 6.45) is 2.65. The molecule has 5 heteroatoms. The minimum atomic E-state index is 0.746. The van der Waals surface area contributed by atoms with Gasteiger partial charge in [0.15, 0.2) is 5.13 Å². The highest BCUT2D eigenvalue weighted by atomic mass is 32.1. The fourth-order valence-corrected chi connectivity index (χ4v) is 2.57. The summed E-state index contributed by atoms with van der Waals surface area (Å²) < 4.78 is 5.11. The third-order valence-corrected chi connectivity index (χ3v) is 3.86. The van der Waals surface area contributed by atoms with Gasteiger partial charge in [-0.05, 0) is 19.8 Å². The zero-order valence-corrected chi connectivity index (χ0v) is 11.4. The Morgan fingerprint density at radius 1 is 1.59 bits per heavy atom. The van der Waals surface area contributed by atoms with E-state index in [9.17, 15) is 0 Å². The Labute approximate surface area is 107 Å². The van der Waals surface area contributed by atoms with Gasteiger partial charge in [-0.25, -0.2) is 4.98 Å². The van der Waals surface area contributed by atoms with E-state index in [1.165, 1.54) is 12.8 Å². The zero-order chi connectivity index (χ0) is 12.1. The van der Waals surface area contributed by atoms with Crippen molar-refractivity contribution in [2.45, 2.75) is 32.4 Å². The highest BCUT2D eigenvalue weighted by Gasteiger charge is 2.20. The number of methoxy groups -OCH3 is 1. The smallest absolute Gasteiger partial charge is 0.185 e. The molecule has 0 bridgehead atoms. The van der Waals surface area contributed by atoms with Gasteiger partial charge in [0.1, 0.15) is 0 Å². The Hall–Kier alpha value is -0.650. The lowest BCUT2D eigenvalue weighted by Crippen LogP contribution is -2.26. The summed E-state index contributed by atoms with van der Waals surface area (Å²) in [6.45, 7) is 5.70. The van der Waals surface area contributed by atoms with E-state index >= 15 is 0 Å². The molecule has 17 heavy (non-hydrogen) atoms. The minimum absolute atomic E-state index is 0.746. The molecule has 0 spiro atoms. The average molecular weight is 255 g/mol. The number of ether oxygens (including phenoxy) is 1. The largest absolute Gasteiger partial charge is 0.383 e. The van der Waals surface area contributed by atoms with Crippen LogP contribution in [0.3, 0.4) is 0 Å². The second-order valence-electron chi connectivity index (χ2n) is 4.35. The quantitative estimate of drug-likeness (QED) is 0.769. The van der Waals surface area contributed by atoms with Crippen molar-refractivity contribution >= 4 is 16.5 Å². The summed E-state index contributed by atoms with van der Waals surface area (Å²) in [5, 5.41) is 6.75. The van der Waals surface area contributed by atoms with E-state index in [-0.39, 0.29) is 0 Å². The monoisotopic (exact) mass is 255 g/mol. The first-order valence-corrected chi connectivity index (χ1v) is 7.13. The van der Waals surface area contributed by atoms with Crippen molar-refractivity contribution in [1.29, 1.82) is 0 Å². The van der Waals surface area contributed by atoms with E-state index in [2.05, 4.69) is 27.5 Å². The molecule has 0 aromatic carbocycles. The van der Waals surface area contributed by atoms with E-state index in [0.29, 0.717) is 0 Å². The average Bonchev–Trinajstić information content (AvgIpc) is 3.07. The molecule has 1 aliphatic rings. The Morgan fingerprint density at radius 2 is 2.41 bits per heavy atom. The first-order chi connectivity index (χ1) is 8.33. The fraction of sp³-hybridized carbons (Fsp3) is 0.750. The van der Waals surface area contributed by atoms with Crippen LogP contribution >= 0.6 is 11.3 Å². The minimum Gasteiger partial charge on any atom is -0.383 e. The van der Waals surface area contributed by atoms with Gasteiger partial charge in [0.25, 0.3) is 0 Å². The molecule has 0 aliphatic heterocycles. The summed E-state index contributed by atoms with van der Waals surface area (Å²) in [5.41, 5.74) is 1.16. The van der Waals surface area contributed by atoms with Crippen LogP contribution in [-0.2, 0) is 11.3 Å². The molecule has 0 atom stereocenters. The second-order valence-corrected chi connectivity index (χ2v) is 5.19. The van der Waals surface area contributed by atoms with Crippen molar-refractivity contribution in [3.63, 3.8) is 0 Å². The first-order valence-electron chi connectivity index (χ1n) is 6.25. The molecule has 0 radical (unpaired) electrons. The third-order valence-electron chi connectivity index (χ3n) is 2.91. The SMILES string of the molecule is CCN(CCOC)c1nc(CNC2CC2)cs1. The number of hydrogen-bond acceptors (Lipinski definition) is 5. The van der Waals surface area contributed by atoms with Crippen molar-refractivity contribution < 1.29 is 4.74 Å². The van der Waals surface area contributed by atoms with E-state index in [1.54, 1.807) is 18.4 Å². The van der Waals surface area contributed by atoms with Crippen molar-refractivity contribution in [1.82, 2.24) is 10.3 Å². The molecular weight excluding hydrogens is 234 g/mol. The number of thiazole rings is 1. The van der Waals surface area contributed by atoms with Gasteiger partial charge in [-0.3, -0.25) is 0 Å². The molecule has 1 aromatic heterocycles. The van der Waals surface area contributed by atoms with Gasteiger partial charge in [0.2, 0.25) is 0 Å². The molecule has 96 valence electrons. The molecular formula is C12H21N3OS. The van der Waals surface area contributed by atoms with E-state index in [1.807, 2.05) is 0 Å². The number of anilines is 1. The first kappa shape index (κ1) is 12.8. The highest BCUT2D eigenvalue weighted by Crippen LogP contribution is 2.22. The summed E-state index contributed by atoms with van der Waals surface area (Å²) in [4.78, 5) is 6.92. The molecule has 1 saturated carbocycles. The maximum Gasteiger partial charge on any atom is 0.185 e. The highest BCUT2D eigenvalue weighted by molar-refractivity contribution is 7.13. The van der Waals surface area contributed by atoms with E-state index in [0.717, 1.165) is 43.1 Å². The Bertz CT molecular complexity index is 338. The molecule has 0 amide bonds. The Balaban J connectivity index is 1.85. The van der Waals surface area contributed by atoms with Crippen LogP contribution in [0.25, 0.3) is 0 Å². The van der Waals surface area contributed by atoms with Crippen LogP contribution in [0.1, 0.15) is 25.5 Å². The molecule has 0 unspecified atom stereocenters. The lowest BCUT2D eigenvalue weighted by atomic mass is 10.4. The van der Waals surface area contributed by atoms with Crippen LogP contribution in [-0.4, -0.2) is 37.8 Å². The van der Waals surface area contributed by atoms with Crippen molar-refractivity contribution in [2.75, 3.05) is 31.7 Å². The maximum absolute atomic E-state index is 5.11. The van der Waals surface area contributed by atoms with Crippen LogP contribution in [0, 0.1) is 0 Å². The molecule has 0 saturated heterocycles. The van der Waals surface area contributed by atoms with Crippen LogP contribution in [0.4, 0.5) is 5.13 Å². The molecule has 1 heterocycles. The van der Waals surface area contributed by atoms with Crippen LogP contribution in [0.15, 0.2) is 5.38 Å². The topological polar surface area (TPSA) is 37.4 Å². The van der Waals surface area contributed by atoms with Crippen molar-refractivity contribution in [3.05, 3.63) is 11.1 Å². The molecule has 1 aliphatic carbocycles. The number of aromatic nitrogens is 1. The van der Waals surface area contributed by atoms with Gasteiger partial charge in [0.05, 0.1) is 12.3 Å². The summed E-state index contributed by atoms with van der Waals surface area (Å²) >= 11 is 1.72. The van der Waals surface area contributed by atoms with Gasteiger partial charge in [-0.15, -0.1) is 11.3 Å². The number of likely N-dealkylation sites (N-methyl/N-ethyl adjacent to an activating group) is 1. The molecule has 1 aromatic rings. The number of rotatable bonds is 8. The summed E-state index contributed by atoms with van der Waals surface area (Å²) in [6, 6.07) is 0.746. The zero-order valence-electron chi connectivity index (χ0n) is 10.6. The van der Waals surface area contributed by atoms with Crippen LogP contribution < -0.4 is 10.2 Å². The predicted octanol–water partition coefficient (Wildman–Crippen LogP) is 1.87. The molecule has 1 fully saturated rings. The lowest BCUT2D eigenvalue weighted by Gasteiger charge is -2.18. The van der Waals surface area contributed by atoms with Gasteiger partial charge in [-0.2, -0.15) is 0 Å². The standard InChI is InChI=1S/C12H21N3OS/c1-3-15(6-7-16-2)12-14-11(9-17-12)8-13-10-4-5-10/h9-10,13H,3-8H2,1-2H3.